The van der Waals surface area contributed by atoms with E-state index in [0.717, 1.165) is 25.0 Å². The zero-order valence-corrected chi connectivity index (χ0v) is 17.2. The second-order valence-corrected chi connectivity index (χ2v) is 8.84. The molecule has 0 N–H and O–H groups in total. The van der Waals surface area contributed by atoms with Crippen LogP contribution >= 0.6 is 0 Å². The van der Waals surface area contributed by atoms with E-state index in [-0.39, 0.29) is 0 Å². The summed E-state index contributed by atoms with van der Waals surface area (Å²) in [6.45, 7) is 13.9. The van der Waals surface area contributed by atoms with Gasteiger partial charge in [0.05, 0.1) is 0 Å². The summed E-state index contributed by atoms with van der Waals surface area (Å²) in [6, 6.07) is 0.732. The van der Waals surface area contributed by atoms with Crippen molar-refractivity contribution >= 4 is 14.8 Å². The van der Waals surface area contributed by atoms with Gasteiger partial charge in [-0.25, -0.2) is 4.79 Å². The molecule has 0 radical (unpaired) electrons. The molecule has 0 atom stereocenters. The van der Waals surface area contributed by atoms with Gasteiger partial charge in [0.1, 0.15) is 0 Å². The standard InChI is InChI=1S/C18H36O5Si/c1-7-11-12-13-14-15-16-24(20-9-3,21-10-4)23-18(5,6)22-17(19)8-2/h8H,2,7,9-16H2,1,3-6H3. The highest BCUT2D eigenvalue weighted by molar-refractivity contribution is 6.60. The van der Waals surface area contributed by atoms with Gasteiger partial charge >= 0.3 is 14.8 Å². The summed E-state index contributed by atoms with van der Waals surface area (Å²) in [4.78, 5) is 11.5. The average Bonchev–Trinajstić information content (AvgIpc) is 2.50. The van der Waals surface area contributed by atoms with Crippen molar-refractivity contribution in [2.45, 2.75) is 85.0 Å². The summed E-state index contributed by atoms with van der Waals surface area (Å²) in [6.07, 6.45) is 8.24. The molecule has 0 rings (SSSR count). The van der Waals surface area contributed by atoms with Gasteiger partial charge in [-0.05, 0) is 20.3 Å². The zero-order valence-electron chi connectivity index (χ0n) is 16.2. The van der Waals surface area contributed by atoms with E-state index >= 15 is 0 Å². The molecule has 0 bridgehead atoms. The van der Waals surface area contributed by atoms with Crippen LogP contribution in [0.2, 0.25) is 6.04 Å². The van der Waals surface area contributed by atoms with Crippen LogP contribution in [-0.4, -0.2) is 33.8 Å². The first-order valence-electron chi connectivity index (χ1n) is 9.18. The molecule has 142 valence electrons. The highest BCUT2D eigenvalue weighted by Crippen LogP contribution is 2.27. The Morgan fingerprint density at radius 3 is 2.04 bits per heavy atom. The first-order valence-corrected chi connectivity index (χ1v) is 11.1. The maximum absolute atomic E-state index is 11.5. The molecule has 0 amide bonds. The number of esters is 1. The third-order valence-electron chi connectivity index (χ3n) is 3.48. The Bertz CT molecular complexity index is 351. The Balaban J connectivity index is 4.78. The van der Waals surface area contributed by atoms with Gasteiger partial charge in [0.25, 0.3) is 0 Å². The fraction of sp³-hybridized carbons (Fsp3) is 0.833. The number of rotatable bonds is 15. The molecule has 0 spiro atoms. The quantitative estimate of drug-likeness (QED) is 0.137. The molecule has 0 fully saturated rings. The molecule has 0 saturated carbocycles. The van der Waals surface area contributed by atoms with Gasteiger partial charge in [0, 0.05) is 39.2 Å². The largest absolute Gasteiger partial charge is 0.503 e. The van der Waals surface area contributed by atoms with Crippen LogP contribution in [0.3, 0.4) is 0 Å². The van der Waals surface area contributed by atoms with Crippen LogP contribution in [0.4, 0.5) is 0 Å². The van der Waals surface area contributed by atoms with E-state index in [9.17, 15) is 4.79 Å². The van der Waals surface area contributed by atoms with Crippen molar-refractivity contribution in [2.75, 3.05) is 13.2 Å². The molecule has 0 saturated heterocycles. The van der Waals surface area contributed by atoms with E-state index in [4.69, 9.17) is 18.0 Å². The molecule has 0 aliphatic carbocycles. The van der Waals surface area contributed by atoms with E-state index in [1.54, 1.807) is 13.8 Å². The van der Waals surface area contributed by atoms with E-state index < -0.39 is 20.6 Å². The van der Waals surface area contributed by atoms with Crippen molar-refractivity contribution in [1.29, 1.82) is 0 Å². The number of unbranched alkanes of at least 4 members (excludes halogenated alkanes) is 5. The minimum Gasteiger partial charge on any atom is -0.431 e. The number of ether oxygens (including phenoxy) is 1. The van der Waals surface area contributed by atoms with Crippen LogP contribution in [0.25, 0.3) is 0 Å². The summed E-state index contributed by atoms with van der Waals surface area (Å²) in [5.41, 5.74) is 0. The van der Waals surface area contributed by atoms with Crippen molar-refractivity contribution in [3.05, 3.63) is 12.7 Å². The number of carbonyl (C=O) groups excluding carboxylic acids is 1. The lowest BCUT2D eigenvalue weighted by atomic mass is 10.1. The van der Waals surface area contributed by atoms with Gasteiger partial charge in [-0.2, -0.15) is 0 Å². The molecule has 0 heterocycles. The molecule has 5 nitrogen and oxygen atoms in total. The van der Waals surface area contributed by atoms with E-state index in [2.05, 4.69) is 13.5 Å². The van der Waals surface area contributed by atoms with Gasteiger partial charge in [-0.3, -0.25) is 0 Å². The predicted molar refractivity (Wildman–Crippen MR) is 98.6 cm³/mol. The Morgan fingerprint density at radius 1 is 1.00 bits per heavy atom. The van der Waals surface area contributed by atoms with E-state index in [1.165, 1.54) is 25.7 Å². The van der Waals surface area contributed by atoms with Crippen LogP contribution in [0.1, 0.15) is 73.1 Å². The topological polar surface area (TPSA) is 54.0 Å². The monoisotopic (exact) mass is 360 g/mol. The first-order chi connectivity index (χ1) is 11.3. The normalized spacial score (nSPS) is 12.2. The first kappa shape index (κ1) is 23.3. The summed E-state index contributed by atoms with van der Waals surface area (Å²) in [7, 11) is -2.89. The van der Waals surface area contributed by atoms with Gasteiger partial charge < -0.3 is 18.0 Å². The molecule has 0 aromatic rings. The van der Waals surface area contributed by atoms with Crippen molar-refractivity contribution < 1.29 is 22.8 Å². The minimum absolute atomic E-state index is 0.507. The van der Waals surface area contributed by atoms with Crippen molar-refractivity contribution in [2.24, 2.45) is 0 Å². The smallest absolute Gasteiger partial charge is 0.431 e. The van der Waals surface area contributed by atoms with Crippen molar-refractivity contribution in [3.8, 4) is 0 Å². The van der Waals surface area contributed by atoms with Gasteiger partial charge in [0.2, 0.25) is 5.79 Å². The minimum atomic E-state index is -2.89. The molecule has 0 aliphatic rings. The van der Waals surface area contributed by atoms with E-state index in [1.807, 2.05) is 13.8 Å². The lowest BCUT2D eigenvalue weighted by molar-refractivity contribution is -0.194. The highest BCUT2D eigenvalue weighted by Gasteiger charge is 2.46. The summed E-state index contributed by atoms with van der Waals surface area (Å²) in [5.74, 6) is -1.63. The summed E-state index contributed by atoms with van der Waals surface area (Å²) < 4.78 is 23.3. The van der Waals surface area contributed by atoms with Crippen LogP contribution in [0.15, 0.2) is 12.7 Å². The Morgan fingerprint density at radius 2 is 1.54 bits per heavy atom. The lowest BCUT2D eigenvalue weighted by Crippen LogP contribution is -2.52. The number of hydrogen-bond donors (Lipinski definition) is 0. The summed E-state index contributed by atoms with van der Waals surface area (Å²) >= 11 is 0. The SMILES string of the molecule is C=CC(=O)OC(C)(C)O[Si](CCCCCCCC)(OCC)OCC. The fourth-order valence-electron chi connectivity index (χ4n) is 2.54. The van der Waals surface area contributed by atoms with Crippen LogP contribution in [0.5, 0.6) is 0 Å². The average molecular weight is 361 g/mol. The van der Waals surface area contributed by atoms with Gasteiger partial charge in [-0.1, -0.05) is 45.6 Å². The molecule has 0 aliphatic heterocycles. The Kier molecular flexibility index (Phi) is 12.3. The lowest BCUT2D eigenvalue weighted by Gasteiger charge is -2.36. The number of carbonyl (C=O) groups is 1. The van der Waals surface area contributed by atoms with Crippen LogP contribution < -0.4 is 0 Å². The molecular weight excluding hydrogens is 324 g/mol. The van der Waals surface area contributed by atoms with Crippen molar-refractivity contribution in [1.82, 2.24) is 0 Å². The predicted octanol–water partition coefficient (Wildman–Crippen LogP) is 4.84. The third kappa shape index (κ3) is 10.2. The second kappa shape index (κ2) is 12.6. The molecular formula is C18H36O5Si. The molecule has 0 unspecified atom stereocenters. The zero-order chi connectivity index (χ0) is 18.5. The van der Waals surface area contributed by atoms with Crippen LogP contribution in [-0.2, 0) is 22.8 Å². The third-order valence-corrected chi connectivity index (χ3v) is 6.70. The maximum Gasteiger partial charge on any atom is 0.503 e. The Labute approximate surface area is 149 Å². The Hall–Kier alpha value is -0.693. The number of hydrogen-bond acceptors (Lipinski definition) is 5. The van der Waals surface area contributed by atoms with Crippen molar-refractivity contribution in [3.63, 3.8) is 0 Å². The maximum atomic E-state index is 11.5. The van der Waals surface area contributed by atoms with E-state index in [0.29, 0.717) is 13.2 Å². The second-order valence-electron chi connectivity index (χ2n) is 6.19. The fourth-order valence-corrected chi connectivity index (χ4v) is 5.48. The highest BCUT2D eigenvalue weighted by atomic mass is 28.4. The van der Waals surface area contributed by atoms with Gasteiger partial charge in [-0.15, -0.1) is 0 Å². The molecule has 24 heavy (non-hydrogen) atoms. The van der Waals surface area contributed by atoms with Gasteiger partial charge in [0.15, 0.2) is 0 Å². The van der Waals surface area contributed by atoms with Crippen LogP contribution in [0, 0.1) is 0 Å². The molecule has 6 heteroatoms. The molecule has 0 aromatic heterocycles. The molecule has 0 aromatic carbocycles. The summed E-state index contributed by atoms with van der Waals surface area (Å²) in [5, 5.41) is 0.